The van der Waals surface area contributed by atoms with Crippen LogP contribution in [-0.2, 0) is 4.74 Å². The molecule has 0 radical (unpaired) electrons. The highest BCUT2D eigenvalue weighted by atomic mass is 16.6. The second-order valence-corrected chi connectivity index (χ2v) is 9.51. The maximum Gasteiger partial charge on any atom is 0.410 e. The summed E-state index contributed by atoms with van der Waals surface area (Å²) < 4.78 is 5.66. The van der Waals surface area contributed by atoms with Crippen LogP contribution in [0.2, 0.25) is 0 Å². The zero-order valence-electron chi connectivity index (χ0n) is 18.4. The predicted molar refractivity (Wildman–Crippen MR) is 119 cm³/mol. The quantitative estimate of drug-likeness (QED) is 0.676. The van der Waals surface area contributed by atoms with Crippen molar-refractivity contribution in [3.05, 3.63) is 36.4 Å². The third-order valence-corrected chi connectivity index (χ3v) is 6.00. The second kappa shape index (κ2) is 7.21. The molecular formula is C23H28N6O2. The van der Waals surface area contributed by atoms with Crippen molar-refractivity contribution in [3.63, 3.8) is 0 Å². The van der Waals surface area contributed by atoms with E-state index in [1.165, 1.54) is 0 Å². The number of fused-ring (bicyclic) bond motifs is 3. The van der Waals surface area contributed by atoms with Crippen LogP contribution < -0.4 is 4.90 Å². The van der Waals surface area contributed by atoms with Gasteiger partial charge in [-0.3, -0.25) is 9.88 Å². The number of hydrogen-bond acceptors (Lipinski definition) is 6. The van der Waals surface area contributed by atoms with Crippen molar-refractivity contribution >= 4 is 22.9 Å². The molecule has 3 aromatic rings. The van der Waals surface area contributed by atoms with Gasteiger partial charge in [-0.25, -0.2) is 14.8 Å². The van der Waals surface area contributed by atoms with Crippen molar-refractivity contribution in [3.8, 4) is 11.3 Å². The zero-order chi connectivity index (χ0) is 21.8. The molecule has 0 aliphatic carbocycles. The summed E-state index contributed by atoms with van der Waals surface area (Å²) >= 11 is 0. The maximum absolute atomic E-state index is 12.8. The van der Waals surface area contributed by atoms with Gasteiger partial charge in [0, 0.05) is 36.2 Å². The molecule has 2 bridgehead atoms. The molecule has 1 N–H and O–H groups in total. The Morgan fingerprint density at radius 2 is 1.87 bits per heavy atom. The zero-order valence-corrected chi connectivity index (χ0v) is 18.4. The lowest BCUT2D eigenvalue weighted by Crippen LogP contribution is -2.57. The van der Waals surface area contributed by atoms with Crippen LogP contribution in [0.4, 0.5) is 10.6 Å². The summed E-state index contributed by atoms with van der Waals surface area (Å²) in [4.78, 5) is 33.8. The number of carbonyl (C=O) groups is 1. The molecule has 0 saturated carbocycles. The minimum absolute atomic E-state index is 0.139. The number of aromatic amines is 1. The van der Waals surface area contributed by atoms with E-state index in [0.717, 1.165) is 59.7 Å². The van der Waals surface area contributed by atoms with Crippen molar-refractivity contribution in [2.24, 2.45) is 0 Å². The van der Waals surface area contributed by atoms with Gasteiger partial charge in [0.1, 0.15) is 23.4 Å². The summed E-state index contributed by atoms with van der Waals surface area (Å²) in [5.74, 6) is 0.916. The van der Waals surface area contributed by atoms with Crippen LogP contribution in [-0.4, -0.2) is 61.7 Å². The number of rotatable bonds is 2. The van der Waals surface area contributed by atoms with Gasteiger partial charge in [-0.05, 0) is 58.7 Å². The predicted octanol–water partition coefficient (Wildman–Crippen LogP) is 3.92. The fourth-order valence-electron chi connectivity index (χ4n) is 4.74. The van der Waals surface area contributed by atoms with Crippen molar-refractivity contribution in [1.29, 1.82) is 0 Å². The van der Waals surface area contributed by atoms with Gasteiger partial charge in [-0.2, -0.15) is 0 Å². The van der Waals surface area contributed by atoms with Crippen LogP contribution >= 0.6 is 0 Å². The maximum atomic E-state index is 12.8. The normalized spacial score (nSPS) is 21.0. The highest BCUT2D eigenvalue weighted by molar-refractivity contribution is 5.92. The van der Waals surface area contributed by atoms with Crippen molar-refractivity contribution < 1.29 is 9.53 Å². The fourth-order valence-corrected chi connectivity index (χ4v) is 4.74. The molecule has 2 atom stereocenters. The molecule has 8 heteroatoms. The van der Waals surface area contributed by atoms with Gasteiger partial charge in [0.15, 0.2) is 0 Å². The minimum atomic E-state index is -0.487. The van der Waals surface area contributed by atoms with E-state index in [1.807, 2.05) is 44.9 Å². The Kier molecular flexibility index (Phi) is 4.60. The number of ether oxygens (including phenoxy) is 1. The second-order valence-electron chi connectivity index (χ2n) is 9.51. The van der Waals surface area contributed by atoms with E-state index in [4.69, 9.17) is 4.74 Å². The van der Waals surface area contributed by atoms with Crippen LogP contribution in [0.25, 0.3) is 22.3 Å². The first-order valence-corrected chi connectivity index (χ1v) is 10.8. The molecule has 0 spiro atoms. The summed E-state index contributed by atoms with van der Waals surface area (Å²) in [5, 5.41) is 0.997. The summed E-state index contributed by atoms with van der Waals surface area (Å²) in [6.07, 6.45) is 5.20. The third-order valence-electron chi connectivity index (χ3n) is 6.00. The monoisotopic (exact) mass is 420 g/mol. The topological polar surface area (TPSA) is 87.2 Å². The summed E-state index contributed by atoms with van der Waals surface area (Å²) in [6.45, 7) is 9.21. The Balaban J connectivity index is 1.43. The highest BCUT2D eigenvalue weighted by Crippen LogP contribution is 2.36. The number of anilines is 1. The van der Waals surface area contributed by atoms with Crippen LogP contribution in [0.3, 0.4) is 0 Å². The summed E-state index contributed by atoms with van der Waals surface area (Å²) in [5.41, 5.74) is 3.37. The number of aromatic nitrogens is 4. The van der Waals surface area contributed by atoms with E-state index in [-0.39, 0.29) is 18.2 Å². The van der Waals surface area contributed by atoms with Crippen LogP contribution in [0.5, 0.6) is 0 Å². The molecule has 2 saturated heterocycles. The Labute approximate surface area is 181 Å². The van der Waals surface area contributed by atoms with Gasteiger partial charge in [-0.15, -0.1) is 0 Å². The number of piperazine rings is 1. The molecule has 5 heterocycles. The molecule has 1 amide bonds. The lowest BCUT2D eigenvalue weighted by Gasteiger charge is -2.41. The Hall–Kier alpha value is -3.16. The summed E-state index contributed by atoms with van der Waals surface area (Å²) in [6, 6.07) is 6.43. The molecule has 2 unspecified atom stereocenters. The first-order valence-electron chi connectivity index (χ1n) is 10.8. The number of nitrogens with zero attached hydrogens (tertiary/aromatic N) is 5. The first-order chi connectivity index (χ1) is 14.8. The SMILES string of the molecule is Cc1cc(-c2cc3c(N4CC5CCC(C4)N5C(=O)OC(C)(C)C)ncnc3[nH]2)ccn1. The number of carbonyl (C=O) groups excluding carboxylic acids is 1. The van der Waals surface area contributed by atoms with Crippen molar-refractivity contribution in [2.75, 3.05) is 18.0 Å². The van der Waals surface area contributed by atoms with Gasteiger partial charge < -0.3 is 14.6 Å². The Morgan fingerprint density at radius 1 is 1.13 bits per heavy atom. The molecule has 5 rings (SSSR count). The average molecular weight is 421 g/mol. The van der Waals surface area contributed by atoms with E-state index >= 15 is 0 Å². The van der Waals surface area contributed by atoms with Crippen LogP contribution in [0.1, 0.15) is 39.3 Å². The van der Waals surface area contributed by atoms with Crippen molar-refractivity contribution in [2.45, 2.75) is 58.2 Å². The molecule has 162 valence electrons. The van der Waals surface area contributed by atoms with Crippen molar-refractivity contribution in [1.82, 2.24) is 24.8 Å². The molecule has 2 fully saturated rings. The number of pyridine rings is 1. The van der Waals surface area contributed by atoms with Gasteiger partial charge in [0.25, 0.3) is 0 Å². The average Bonchev–Trinajstić information content (AvgIpc) is 3.25. The molecular weight excluding hydrogens is 392 g/mol. The number of H-pyrrole nitrogens is 1. The van der Waals surface area contributed by atoms with E-state index in [1.54, 1.807) is 6.33 Å². The van der Waals surface area contributed by atoms with Gasteiger partial charge in [-0.1, -0.05) is 0 Å². The number of amides is 1. The lowest BCUT2D eigenvalue weighted by molar-refractivity contribution is 0.0123. The van der Waals surface area contributed by atoms with Crippen LogP contribution in [0.15, 0.2) is 30.7 Å². The molecule has 3 aromatic heterocycles. The molecule has 2 aliphatic rings. The molecule has 0 aromatic carbocycles. The largest absolute Gasteiger partial charge is 0.444 e. The van der Waals surface area contributed by atoms with Gasteiger partial charge >= 0.3 is 6.09 Å². The van der Waals surface area contributed by atoms with E-state index in [2.05, 4.69) is 37.0 Å². The number of aryl methyl sites for hydroxylation is 1. The molecule has 31 heavy (non-hydrogen) atoms. The Morgan fingerprint density at radius 3 is 2.55 bits per heavy atom. The highest BCUT2D eigenvalue weighted by Gasteiger charge is 2.44. The van der Waals surface area contributed by atoms with E-state index < -0.39 is 5.60 Å². The third kappa shape index (κ3) is 3.71. The van der Waals surface area contributed by atoms with Gasteiger partial charge in [0.2, 0.25) is 0 Å². The number of nitrogens with one attached hydrogen (secondary N) is 1. The first kappa shape index (κ1) is 19.8. The standard InChI is InChI=1S/C23H28N6O2/c1-14-9-15(7-8-24-14)19-10-18-20(27-19)25-13-26-21(18)28-11-16-5-6-17(12-28)29(16)22(30)31-23(2,3)4/h7-10,13,16-17H,5-6,11-12H2,1-4H3,(H,25,26,27). The lowest BCUT2D eigenvalue weighted by atomic mass is 10.1. The fraction of sp³-hybridized carbons (Fsp3) is 0.478. The molecule has 2 aliphatic heterocycles. The van der Waals surface area contributed by atoms with Gasteiger partial charge in [0.05, 0.1) is 17.5 Å². The van der Waals surface area contributed by atoms with E-state index in [9.17, 15) is 4.79 Å². The Bertz CT molecular complexity index is 1120. The number of hydrogen-bond donors (Lipinski definition) is 1. The minimum Gasteiger partial charge on any atom is -0.444 e. The van der Waals surface area contributed by atoms with Crippen LogP contribution in [0, 0.1) is 6.92 Å². The summed E-state index contributed by atoms with van der Waals surface area (Å²) in [7, 11) is 0. The van der Waals surface area contributed by atoms with E-state index in [0.29, 0.717) is 0 Å². The molecule has 8 nitrogen and oxygen atoms in total. The smallest absolute Gasteiger partial charge is 0.410 e.